The molecule has 0 unspecified atom stereocenters. The SMILES string of the molecule is CC(=O)c1cccc(NC(=O)COC(=O)[C@H]2CC(=O)N(c3ccc(C)c([N+](=O)[O-])c3)C2)c1. The molecule has 0 radical (unpaired) electrons. The number of nitrogens with zero attached hydrogens (tertiary/aromatic N) is 2. The number of nitro benzene ring substituents is 1. The molecule has 1 N–H and O–H groups in total. The summed E-state index contributed by atoms with van der Waals surface area (Å²) in [5, 5.41) is 13.7. The van der Waals surface area contributed by atoms with Crippen LogP contribution in [0.3, 0.4) is 0 Å². The van der Waals surface area contributed by atoms with Crippen molar-refractivity contribution >= 4 is 40.6 Å². The Bertz CT molecular complexity index is 1110. The van der Waals surface area contributed by atoms with E-state index in [1.165, 1.54) is 30.0 Å². The zero-order chi connectivity index (χ0) is 23.4. The van der Waals surface area contributed by atoms with Gasteiger partial charge in [0.05, 0.1) is 16.5 Å². The molecule has 1 heterocycles. The smallest absolute Gasteiger partial charge is 0.311 e. The molecule has 10 heteroatoms. The van der Waals surface area contributed by atoms with Crippen molar-refractivity contribution in [3.8, 4) is 0 Å². The van der Waals surface area contributed by atoms with Crippen LogP contribution in [0.1, 0.15) is 29.3 Å². The molecule has 1 aliphatic heterocycles. The number of carbonyl (C=O) groups is 4. The highest BCUT2D eigenvalue weighted by Gasteiger charge is 2.37. The number of amides is 2. The molecule has 1 atom stereocenters. The van der Waals surface area contributed by atoms with E-state index < -0.39 is 29.3 Å². The highest BCUT2D eigenvalue weighted by atomic mass is 16.6. The standard InChI is InChI=1S/C22H21N3O7/c1-13-6-7-18(10-19(13)25(30)31)24-11-16(9-21(24)28)22(29)32-12-20(27)23-17-5-3-4-15(8-17)14(2)26/h3-8,10,16H,9,11-12H2,1-2H3,(H,23,27)/t16-/m0/s1. The fourth-order valence-corrected chi connectivity index (χ4v) is 3.34. The van der Waals surface area contributed by atoms with Gasteiger partial charge in [0.15, 0.2) is 12.4 Å². The van der Waals surface area contributed by atoms with Crippen molar-refractivity contribution in [3.63, 3.8) is 0 Å². The van der Waals surface area contributed by atoms with Gasteiger partial charge in [0, 0.05) is 35.8 Å². The lowest BCUT2D eigenvalue weighted by molar-refractivity contribution is -0.385. The number of carbonyl (C=O) groups excluding carboxylic acids is 4. The number of benzene rings is 2. The van der Waals surface area contributed by atoms with Crippen molar-refractivity contribution in [3.05, 3.63) is 63.7 Å². The van der Waals surface area contributed by atoms with E-state index in [0.29, 0.717) is 22.5 Å². The predicted molar refractivity (Wildman–Crippen MR) is 114 cm³/mol. The minimum atomic E-state index is -0.795. The number of esters is 1. The van der Waals surface area contributed by atoms with Gasteiger partial charge in [-0.15, -0.1) is 0 Å². The molecule has 0 saturated carbocycles. The molecule has 166 valence electrons. The molecular weight excluding hydrogens is 418 g/mol. The normalized spacial score (nSPS) is 15.4. The quantitative estimate of drug-likeness (QED) is 0.303. The first-order valence-electron chi connectivity index (χ1n) is 9.78. The van der Waals surface area contributed by atoms with Gasteiger partial charge >= 0.3 is 5.97 Å². The van der Waals surface area contributed by atoms with Gasteiger partial charge in [0.25, 0.3) is 11.6 Å². The Morgan fingerprint density at radius 3 is 2.66 bits per heavy atom. The van der Waals surface area contributed by atoms with Crippen LogP contribution in [0.4, 0.5) is 17.1 Å². The molecule has 0 aromatic heterocycles. The molecule has 10 nitrogen and oxygen atoms in total. The minimum Gasteiger partial charge on any atom is -0.455 e. The van der Waals surface area contributed by atoms with Crippen LogP contribution in [0.25, 0.3) is 0 Å². The van der Waals surface area contributed by atoms with Gasteiger partial charge < -0.3 is 15.0 Å². The summed E-state index contributed by atoms with van der Waals surface area (Å²) in [6, 6.07) is 10.8. The number of ether oxygens (including phenoxy) is 1. The Hall–Kier alpha value is -4.08. The summed E-state index contributed by atoms with van der Waals surface area (Å²) in [6.07, 6.45) is -0.122. The maximum atomic E-state index is 12.4. The van der Waals surface area contributed by atoms with E-state index >= 15 is 0 Å². The monoisotopic (exact) mass is 439 g/mol. The zero-order valence-corrected chi connectivity index (χ0v) is 17.5. The summed E-state index contributed by atoms with van der Waals surface area (Å²) >= 11 is 0. The van der Waals surface area contributed by atoms with Gasteiger partial charge in [-0.2, -0.15) is 0 Å². The second-order valence-corrected chi connectivity index (χ2v) is 7.43. The van der Waals surface area contributed by atoms with E-state index in [1.807, 2.05) is 0 Å². The van der Waals surface area contributed by atoms with Crippen molar-refractivity contribution in [2.45, 2.75) is 20.3 Å². The number of hydrogen-bond acceptors (Lipinski definition) is 7. The van der Waals surface area contributed by atoms with E-state index in [9.17, 15) is 29.3 Å². The average Bonchev–Trinajstić information content (AvgIpc) is 3.14. The molecule has 0 aliphatic carbocycles. The van der Waals surface area contributed by atoms with Crippen molar-refractivity contribution in [2.75, 3.05) is 23.4 Å². The van der Waals surface area contributed by atoms with Crippen molar-refractivity contribution in [1.29, 1.82) is 0 Å². The second-order valence-electron chi connectivity index (χ2n) is 7.43. The predicted octanol–water partition coefficient (Wildman–Crippen LogP) is 2.64. The van der Waals surface area contributed by atoms with Crippen LogP contribution < -0.4 is 10.2 Å². The Balaban J connectivity index is 1.57. The molecule has 32 heavy (non-hydrogen) atoms. The molecule has 0 spiro atoms. The highest BCUT2D eigenvalue weighted by Crippen LogP contribution is 2.30. The first kappa shape index (κ1) is 22.6. The lowest BCUT2D eigenvalue weighted by Crippen LogP contribution is -2.28. The van der Waals surface area contributed by atoms with E-state index in [0.717, 1.165) is 0 Å². The van der Waals surface area contributed by atoms with Gasteiger partial charge in [-0.3, -0.25) is 29.3 Å². The van der Waals surface area contributed by atoms with Gasteiger partial charge in [-0.1, -0.05) is 18.2 Å². The molecule has 2 aromatic rings. The summed E-state index contributed by atoms with van der Waals surface area (Å²) in [5.74, 6) is -2.61. The number of anilines is 2. The summed E-state index contributed by atoms with van der Waals surface area (Å²) in [4.78, 5) is 60.1. The van der Waals surface area contributed by atoms with Gasteiger partial charge in [-0.05, 0) is 32.0 Å². The number of rotatable bonds is 7. The first-order chi connectivity index (χ1) is 15.2. The van der Waals surface area contributed by atoms with Crippen LogP contribution in [0, 0.1) is 23.0 Å². The van der Waals surface area contributed by atoms with E-state index in [2.05, 4.69) is 5.32 Å². The Morgan fingerprint density at radius 1 is 1.22 bits per heavy atom. The minimum absolute atomic E-state index is 0.000157. The van der Waals surface area contributed by atoms with E-state index in [1.54, 1.807) is 31.2 Å². The number of aryl methyl sites for hydroxylation is 1. The number of nitro groups is 1. The lowest BCUT2D eigenvalue weighted by atomic mass is 10.1. The molecule has 0 bridgehead atoms. The number of nitrogens with one attached hydrogen (secondary N) is 1. The Morgan fingerprint density at radius 2 is 1.97 bits per heavy atom. The Labute approximate surface area is 183 Å². The van der Waals surface area contributed by atoms with Crippen molar-refractivity contribution < 1.29 is 28.8 Å². The number of hydrogen-bond donors (Lipinski definition) is 1. The third-order valence-corrected chi connectivity index (χ3v) is 5.06. The molecule has 2 aromatic carbocycles. The van der Waals surface area contributed by atoms with Crippen LogP contribution >= 0.6 is 0 Å². The maximum Gasteiger partial charge on any atom is 0.311 e. The van der Waals surface area contributed by atoms with Gasteiger partial charge in [-0.25, -0.2) is 0 Å². The first-order valence-corrected chi connectivity index (χ1v) is 9.78. The van der Waals surface area contributed by atoms with E-state index in [4.69, 9.17) is 4.74 Å². The van der Waals surface area contributed by atoms with Crippen LogP contribution in [-0.4, -0.2) is 41.6 Å². The number of ketones is 1. The maximum absolute atomic E-state index is 12.4. The highest BCUT2D eigenvalue weighted by molar-refractivity contribution is 6.00. The zero-order valence-electron chi connectivity index (χ0n) is 17.5. The largest absolute Gasteiger partial charge is 0.455 e. The third-order valence-electron chi connectivity index (χ3n) is 5.06. The van der Waals surface area contributed by atoms with Gasteiger partial charge in [0.2, 0.25) is 5.91 Å². The summed E-state index contributed by atoms with van der Waals surface area (Å²) in [7, 11) is 0. The summed E-state index contributed by atoms with van der Waals surface area (Å²) in [6.45, 7) is 2.45. The van der Waals surface area contributed by atoms with Gasteiger partial charge in [0.1, 0.15) is 0 Å². The van der Waals surface area contributed by atoms with Crippen molar-refractivity contribution in [1.82, 2.24) is 0 Å². The van der Waals surface area contributed by atoms with Crippen LogP contribution in [-0.2, 0) is 19.1 Å². The molecular formula is C22H21N3O7. The number of Topliss-reactive ketones (excluding diaryl/α,β-unsaturated/α-hetero) is 1. The summed E-state index contributed by atoms with van der Waals surface area (Å²) < 4.78 is 5.05. The molecule has 1 saturated heterocycles. The third kappa shape index (κ3) is 5.15. The van der Waals surface area contributed by atoms with Crippen molar-refractivity contribution in [2.24, 2.45) is 5.92 Å². The average molecular weight is 439 g/mol. The Kier molecular flexibility index (Phi) is 6.62. The molecule has 3 rings (SSSR count). The summed E-state index contributed by atoms with van der Waals surface area (Å²) in [5.41, 5.74) is 1.49. The topological polar surface area (TPSA) is 136 Å². The molecule has 1 fully saturated rings. The molecule has 1 aliphatic rings. The van der Waals surface area contributed by atoms with Crippen LogP contribution in [0.15, 0.2) is 42.5 Å². The fourth-order valence-electron chi connectivity index (χ4n) is 3.34. The fraction of sp³-hybridized carbons (Fsp3) is 0.273. The second kappa shape index (κ2) is 9.38. The van der Waals surface area contributed by atoms with Crippen LogP contribution in [0.5, 0.6) is 0 Å². The van der Waals surface area contributed by atoms with E-state index in [-0.39, 0.29) is 30.3 Å². The lowest BCUT2D eigenvalue weighted by Gasteiger charge is -2.16. The van der Waals surface area contributed by atoms with Crippen LogP contribution in [0.2, 0.25) is 0 Å². The molecule has 2 amide bonds.